The summed E-state index contributed by atoms with van der Waals surface area (Å²) in [5.74, 6) is -1.20. The van der Waals surface area contributed by atoms with Gasteiger partial charge in [-0.25, -0.2) is 9.59 Å². The fourth-order valence-electron chi connectivity index (χ4n) is 2.61. The topological polar surface area (TPSA) is 90.9 Å². The monoisotopic (exact) mass is 381 g/mol. The van der Waals surface area contributed by atoms with Crippen LogP contribution in [0.15, 0.2) is 54.2 Å². The largest absolute Gasteiger partial charge is 0.493 e. The number of anilines is 1. The number of methoxy groups -OCH3 is 1. The number of Topliss-reactive ketones (excluding diaryl/α,β-unsaturated/α-hetero) is 1. The molecule has 2 aromatic rings. The van der Waals surface area contributed by atoms with Crippen molar-refractivity contribution >= 4 is 23.4 Å². The number of para-hydroxylation sites is 1. The molecule has 0 saturated carbocycles. The first kappa shape index (κ1) is 19.2. The summed E-state index contributed by atoms with van der Waals surface area (Å²) in [4.78, 5) is 36.7. The van der Waals surface area contributed by atoms with Gasteiger partial charge in [0, 0.05) is 11.9 Å². The summed E-state index contributed by atoms with van der Waals surface area (Å²) < 4.78 is 15.5. The minimum atomic E-state index is -0.769. The lowest BCUT2D eigenvalue weighted by Crippen LogP contribution is -2.26. The van der Waals surface area contributed by atoms with Gasteiger partial charge in [-0.15, -0.1) is 0 Å². The molecule has 1 heterocycles. The van der Waals surface area contributed by atoms with Gasteiger partial charge in [0.2, 0.25) is 5.78 Å². The maximum absolute atomic E-state index is 12.6. The first-order chi connectivity index (χ1) is 13.5. The van der Waals surface area contributed by atoms with Crippen LogP contribution in [-0.2, 0) is 9.53 Å². The lowest BCUT2D eigenvalue weighted by Gasteiger charge is -2.19. The average Bonchev–Trinajstić information content (AvgIpc) is 2.72. The first-order valence-corrected chi connectivity index (χ1v) is 8.73. The summed E-state index contributed by atoms with van der Waals surface area (Å²) in [7, 11) is 1.43. The zero-order valence-electron chi connectivity index (χ0n) is 15.5. The van der Waals surface area contributed by atoms with E-state index < -0.39 is 17.7 Å². The summed E-state index contributed by atoms with van der Waals surface area (Å²) in [6, 6.07) is 11.3. The molecule has 0 aliphatic carbocycles. The Bertz CT molecular complexity index is 946. The van der Waals surface area contributed by atoms with Crippen molar-refractivity contribution in [1.29, 1.82) is 0 Å². The normalized spacial score (nSPS) is 14.3. The van der Waals surface area contributed by atoms with Gasteiger partial charge in [0.1, 0.15) is 5.57 Å². The molecule has 0 fully saturated rings. The maximum Gasteiger partial charge on any atom is 0.349 e. The number of carbonyl (C=O) groups is 3. The minimum absolute atomic E-state index is 0.118. The van der Waals surface area contributed by atoms with Crippen LogP contribution in [0.1, 0.15) is 34.1 Å². The highest BCUT2D eigenvalue weighted by molar-refractivity contribution is 6.28. The van der Waals surface area contributed by atoms with E-state index in [1.165, 1.54) is 13.3 Å². The quantitative estimate of drug-likeness (QED) is 0.355. The van der Waals surface area contributed by atoms with E-state index >= 15 is 0 Å². The molecule has 3 rings (SSSR count). The summed E-state index contributed by atoms with van der Waals surface area (Å²) in [6.45, 7) is 2.28. The van der Waals surface area contributed by atoms with E-state index in [4.69, 9.17) is 14.2 Å². The Morgan fingerprint density at radius 1 is 1.14 bits per heavy atom. The smallest absolute Gasteiger partial charge is 0.349 e. The lowest BCUT2D eigenvalue weighted by molar-refractivity contribution is -0.130. The molecule has 0 aromatic heterocycles. The number of hydrogen-bond acceptors (Lipinski definition) is 7. The Morgan fingerprint density at radius 3 is 2.57 bits per heavy atom. The lowest BCUT2D eigenvalue weighted by atomic mass is 10.00. The van der Waals surface area contributed by atoms with Crippen LogP contribution in [-0.4, -0.2) is 31.4 Å². The maximum atomic E-state index is 12.6. The van der Waals surface area contributed by atoms with E-state index in [0.29, 0.717) is 23.6 Å². The van der Waals surface area contributed by atoms with E-state index in [2.05, 4.69) is 5.32 Å². The van der Waals surface area contributed by atoms with Crippen LogP contribution in [0, 0.1) is 0 Å². The van der Waals surface area contributed by atoms with Gasteiger partial charge in [-0.3, -0.25) is 4.79 Å². The highest BCUT2D eigenvalue weighted by Crippen LogP contribution is 2.36. The molecule has 7 nitrogen and oxygen atoms in total. The second-order valence-corrected chi connectivity index (χ2v) is 5.97. The van der Waals surface area contributed by atoms with Crippen molar-refractivity contribution in [2.75, 3.05) is 19.0 Å². The Kier molecular flexibility index (Phi) is 5.74. The Hall–Kier alpha value is -3.61. The summed E-state index contributed by atoms with van der Waals surface area (Å²) in [5.41, 5.74) is 1.13. The van der Waals surface area contributed by atoms with E-state index in [-0.39, 0.29) is 16.9 Å². The SMILES string of the molecule is CCCOC(=O)c1ccc(NC=C2C(=O)Oc3c(OC)cccc3C2=O)cc1. The molecule has 1 aliphatic heterocycles. The minimum Gasteiger partial charge on any atom is -0.493 e. The highest BCUT2D eigenvalue weighted by Gasteiger charge is 2.32. The second kappa shape index (κ2) is 8.39. The van der Waals surface area contributed by atoms with E-state index in [0.717, 1.165) is 6.42 Å². The van der Waals surface area contributed by atoms with Crippen LogP contribution in [0.3, 0.4) is 0 Å². The number of carbonyl (C=O) groups excluding carboxylic acids is 3. The predicted molar refractivity (Wildman–Crippen MR) is 102 cm³/mol. The fraction of sp³-hybridized carbons (Fsp3) is 0.190. The molecule has 0 saturated heterocycles. The molecule has 28 heavy (non-hydrogen) atoms. The van der Waals surface area contributed by atoms with Crippen LogP contribution >= 0.6 is 0 Å². The zero-order chi connectivity index (χ0) is 20.1. The van der Waals surface area contributed by atoms with Crippen molar-refractivity contribution in [2.24, 2.45) is 0 Å². The summed E-state index contributed by atoms with van der Waals surface area (Å²) in [6.07, 6.45) is 2.04. The average molecular weight is 381 g/mol. The van der Waals surface area contributed by atoms with E-state index in [9.17, 15) is 14.4 Å². The number of esters is 2. The summed E-state index contributed by atoms with van der Waals surface area (Å²) in [5, 5.41) is 2.88. The van der Waals surface area contributed by atoms with Crippen LogP contribution in [0.25, 0.3) is 0 Å². The number of ketones is 1. The molecule has 2 aromatic carbocycles. The van der Waals surface area contributed by atoms with Crippen LogP contribution in [0.4, 0.5) is 5.69 Å². The Labute approximate surface area is 161 Å². The van der Waals surface area contributed by atoms with Gasteiger partial charge in [-0.05, 0) is 42.8 Å². The van der Waals surface area contributed by atoms with Crippen molar-refractivity contribution in [3.63, 3.8) is 0 Å². The van der Waals surface area contributed by atoms with Gasteiger partial charge in [0.25, 0.3) is 0 Å². The molecule has 1 aliphatic rings. The third kappa shape index (κ3) is 3.88. The van der Waals surface area contributed by atoms with Crippen molar-refractivity contribution in [1.82, 2.24) is 0 Å². The third-order valence-corrected chi connectivity index (χ3v) is 4.04. The van der Waals surface area contributed by atoms with Gasteiger partial charge in [-0.2, -0.15) is 0 Å². The molecule has 7 heteroatoms. The van der Waals surface area contributed by atoms with Crippen molar-refractivity contribution in [3.05, 3.63) is 65.4 Å². The first-order valence-electron chi connectivity index (χ1n) is 8.73. The van der Waals surface area contributed by atoms with E-state index in [1.54, 1.807) is 42.5 Å². The molecule has 0 unspecified atom stereocenters. The molecular formula is C21H19NO6. The Morgan fingerprint density at radius 2 is 1.89 bits per heavy atom. The van der Waals surface area contributed by atoms with Crippen molar-refractivity contribution in [3.8, 4) is 11.5 Å². The number of benzene rings is 2. The Balaban J connectivity index is 1.76. The number of hydrogen-bond donors (Lipinski definition) is 1. The van der Waals surface area contributed by atoms with Crippen molar-refractivity contribution < 1.29 is 28.6 Å². The zero-order valence-corrected chi connectivity index (χ0v) is 15.5. The van der Waals surface area contributed by atoms with E-state index in [1.807, 2.05) is 6.92 Å². The molecule has 0 amide bonds. The highest BCUT2D eigenvalue weighted by atomic mass is 16.6. The molecule has 0 radical (unpaired) electrons. The number of rotatable bonds is 6. The van der Waals surface area contributed by atoms with Crippen LogP contribution < -0.4 is 14.8 Å². The molecule has 0 atom stereocenters. The van der Waals surface area contributed by atoms with Gasteiger partial charge < -0.3 is 19.5 Å². The molecule has 0 bridgehead atoms. The standard InChI is InChI=1S/C21H19NO6/c1-3-11-27-20(24)13-7-9-14(10-8-13)22-12-16-18(23)15-5-4-6-17(26-2)19(15)28-21(16)25/h4-10,12,22H,3,11H2,1-2H3. The number of ether oxygens (including phenoxy) is 3. The second-order valence-electron chi connectivity index (χ2n) is 5.97. The molecular weight excluding hydrogens is 362 g/mol. The van der Waals surface area contributed by atoms with Crippen LogP contribution in [0.5, 0.6) is 11.5 Å². The molecule has 144 valence electrons. The number of fused-ring (bicyclic) bond motifs is 1. The van der Waals surface area contributed by atoms with Gasteiger partial charge in [0.05, 0.1) is 24.8 Å². The fourth-order valence-corrected chi connectivity index (χ4v) is 2.61. The molecule has 0 spiro atoms. The van der Waals surface area contributed by atoms with Gasteiger partial charge in [-0.1, -0.05) is 13.0 Å². The van der Waals surface area contributed by atoms with Gasteiger partial charge >= 0.3 is 11.9 Å². The third-order valence-electron chi connectivity index (χ3n) is 4.04. The molecule has 1 N–H and O–H groups in total. The number of nitrogens with one attached hydrogen (secondary N) is 1. The van der Waals surface area contributed by atoms with Gasteiger partial charge in [0.15, 0.2) is 11.5 Å². The van der Waals surface area contributed by atoms with Crippen LogP contribution in [0.2, 0.25) is 0 Å². The summed E-state index contributed by atoms with van der Waals surface area (Å²) >= 11 is 0. The predicted octanol–water partition coefficient (Wildman–Crippen LogP) is 3.36. The van der Waals surface area contributed by atoms with Crippen molar-refractivity contribution in [2.45, 2.75) is 13.3 Å².